The Morgan fingerprint density at radius 1 is 1.13 bits per heavy atom. The van der Waals surface area contributed by atoms with Crippen molar-refractivity contribution >= 4 is 29.7 Å². The van der Waals surface area contributed by atoms with Crippen LogP contribution in [0.25, 0.3) is 23.4 Å². The second kappa shape index (κ2) is 11.5. The Hall–Kier alpha value is -4.12. The molecule has 2 aliphatic heterocycles. The Morgan fingerprint density at radius 3 is 2.53 bits per heavy atom. The van der Waals surface area contributed by atoms with Crippen LogP contribution in [0.1, 0.15) is 32.9 Å². The molecule has 2 aliphatic rings. The topological polar surface area (TPSA) is 108 Å². The number of fused-ring (bicyclic) bond motifs is 1. The number of hydrogen-bond donors (Lipinski definition) is 3. The van der Waals surface area contributed by atoms with Crippen LogP contribution in [0.3, 0.4) is 0 Å². The number of H-pyrrole nitrogens is 1. The smallest absolute Gasteiger partial charge is 0.475 e. The summed E-state index contributed by atoms with van der Waals surface area (Å²) >= 11 is 0. The number of aryl methyl sites for hydroxylation is 1. The zero-order chi connectivity index (χ0) is 27.3. The Morgan fingerprint density at radius 2 is 1.87 bits per heavy atom. The molecule has 8 nitrogen and oxygen atoms in total. The van der Waals surface area contributed by atoms with Crippen molar-refractivity contribution in [2.75, 3.05) is 37.7 Å². The minimum atomic E-state index is -5.08. The average molecular weight is 529 g/mol. The van der Waals surface area contributed by atoms with E-state index < -0.39 is 12.1 Å². The molecule has 1 fully saturated rings. The van der Waals surface area contributed by atoms with Crippen LogP contribution >= 0.6 is 0 Å². The largest absolute Gasteiger partial charge is 0.490 e. The maximum atomic E-state index is 12.0. The van der Waals surface area contributed by atoms with E-state index in [1.807, 2.05) is 30.5 Å². The summed E-state index contributed by atoms with van der Waals surface area (Å²) in [6.45, 7) is 6.28. The van der Waals surface area contributed by atoms with Crippen LogP contribution < -0.4 is 10.2 Å². The highest BCUT2D eigenvalue weighted by atomic mass is 19.4. The molecule has 4 heterocycles. The van der Waals surface area contributed by atoms with E-state index in [1.54, 1.807) is 0 Å². The number of aromatic nitrogens is 2. The molecule has 1 saturated heterocycles. The van der Waals surface area contributed by atoms with Crippen LogP contribution in [0.15, 0.2) is 42.6 Å². The summed E-state index contributed by atoms with van der Waals surface area (Å²) in [4.78, 5) is 31.2. The average Bonchev–Trinajstić information content (AvgIpc) is 3.34. The van der Waals surface area contributed by atoms with Gasteiger partial charge in [0, 0.05) is 54.9 Å². The van der Waals surface area contributed by atoms with E-state index in [1.165, 1.54) is 16.8 Å². The van der Waals surface area contributed by atoms with Gasteiger partial charge < -0.3 is 25.0 Å². The van der Waals surface area contributed by atoms with E-state index in [0.29, 0.717) is 6.54 Å². The molecule has 200 valence electrons. The number of amides is 1. The number of nitrogens with one attached hydrogen (secondary N) is 2. The van der Waals surface area contributed by atoms with Crippen molar-refractivity contribution in [2.45, 2.75) is 19.5 Å². The first kappa shape index (κ1) is 26.9. The van der Waals surface area contributed by atoms with E-state index in [-0.39, 0.29) is 5.91 Å². The molecule has 0 spiro atoms. The van der Waals surface area contributed by atoms with Crippen LogP contribution in [0.2, 0.25) is 0 Å². The Labute approximate surface area is 217 Å². The fourth-order valence-electron chi connectivity index (χ4n) is 4.20. The first-order valence-electron chi connectivity index (χ1n) is 12.0. The van der Waals surface area contributed by atoms with Crippen LogP contribution in [-0.2, 0) is 16.0 Å². The molecule has 0 radical (unpaired) electrons. The lowest BCUT2D eigenvalue weighted by Crippen LogP contribution is -2.36. The van der Waals surface area contributed by atoms with Gasteiger partial charge in [-0.3, -0.25) is 9.78 Å². The van der Waals surface area contributed by atoms with E-state index in [4.69, 9.17) is 14.6 Å². The third-order valence-electron chi connectivity index (χ3n) is 6.20. The van der Waals surface area contributed by atoms with Gasteiger partial charge in [-0.1, -0.05) is 12.1 Å². The molecule has 5 rings (SSSR count). The Bertz CT molecular complexity index is 1340. The lowest BCUT2D eigenvalue weighted by Gasteiger charge is -2.29. The minimum Gasteiger partial charge on any atom is -0.475 e. The highest BCUT2D eigenvalue weighted by Gasteiger charge is 2.38. The first-order valence-corrected chi connectivity index (χ1v) is 12.0. The SMILES string of the molecule is Cc1cc(N2CCOCC2)ccc1/C=C/c1cc(-c2cc3c([nH]2)CCNC3=O)ccn1.O=C(O)C(F)(F)F. The number of anilines is 1. The number of benzene rings is 1. The Balaban J connectivity index is 0.000000426. The molecule has 3 N–H and O–H groups in total. The van der Waals surface area contributed by atoms with E-state index in [9.17, 15) is 18.0 Å². The number of nitrogens with zero attached hydrogens (tertiary/aromatic N) is 2. The number of halogens is 3. The summed E-state index contributed by atoms with van der Waals surface area (Å²) in [5.41, 5.74) is 8.26. The van der Waals surface area contributed by atoms with E-state index in [0.717, 1.165) is 60.9 Å². The normalized spacial score (nSPS) is 15.5. The van der Waals surface area contributed by atoms with Gasteiger partial charge in [-0.15, -0.1) is 0 Å². The zero-order valence-electron chi connectivity index (χ0n) is 20.6. The summed E-state index contributed by atoms with van der Waals surface area (Å²) in [6.07, 6.45) is 1.70. The van der Waals surface area contributed by atoms with Crippen LogP contribution in [0.4, 0.5) is 18.9 Å². The van der Waals surface area contributed by atoms with Crippen molar-refractivity contribution in [2.24, 2.45) is 0 Å². The number of carbonyl (C=O) groups is 2. The maximum Gasteiger partial charge on any atom is 0.490 e. The molecule has 0 aliphatic carbocycles. The predicted molar refractivity (Wildman–Crippen MR) is 137 cm³/mol. The first-order chi connectivity index (χ1) is 18.1. The van der Waals surface area contributed by atoms with Gasteiger partial charge in [-0.2, -0.15) is 13.2 Å². The standard InChI is InChI=1S/C25H26N4O2.C2HF3O2/c1-17-14-21(29-10-12-31-13-11-29)5-3-18(17)2-4-20-15-19(6-8-26-20)24-16-22-23(28-24)7-9-27-25(22)30;3-2(4,5)1(6)7/h2-6,8,14-16,28H,7,9-13H2,1H3,(H,27,30);(H,6,7)/b4-2+;. The number of aliphatic carboxylic acids is 1. The lowest BCUT2D eigenvalue weighted by atomic mass is 10.1. The van der Waals surface area contributed by atoms with Crippen LogP contribution in [0, 0.1) is 6.92 Å². The summed E-state index contributed by atoms with van der Waals surface area (Å²) in [7, 11) is 0. The lowest BCUT2D eigenvalue weighted by molar-refractivity contribution is -0.192. The molecule has 2 aromatic heterocycles. The number of rotatable bonds is 4. The number of alkyl halides is 3. The van der Waals surface area contributed by atoms with Gasteiger partial charge >= 0.3 is 12.1 Å². The van der Waals surface area contributed by atoms with Gasteiger partial charge in [-0.05, 0) is 54.5 Å². The van der Waals surface area contributed by atoms with Gasteiger partial charge in [0.25, 0.3) is 5.91 Å². The number of morpholine rings is 1. The molecule has 38 heavy (non-hydrogen) atoms. The van der Waals surface area contributed by atoms with Crippen molar-refractivity contribution in [1.82, 2.24) is 15.3 Å². The van der Waals surface area contributed by atoms with Crippen molar-refractivity contribution < 1.29 is 32.6 Å². The minimum absolute atomic E-state index is 0.00562. The summed E-state index contributed by atoms with van der Waals surface area (Å²) in [6, 6.07) is 12.5. The van der Waals surface area contributed by atoms with Crippen LogP contribution in [0.5, 0.6) is 0 Å². The highest BCUT2D eigenvalue weighted by Crippen LogP contribution is 2.25. The fourth-order valence-corrected chi connectivity index (χ4v) is 4.20. The number of pyridine rings is 1. The fraction of sp³-hybridized carbons (Fsp3) is 0.296. The van der Waals surface area contributed by atoms with Crippen molar-refractivity contribution in [3.63, 3.8) is 0 Å². The molecule has 0 saturated carbocycles. The highest BCUT2D eigenvalue weighted by molar-refractivity contribution is 5.97. The van der Waals surface area contributed by atoms with E-state index >= 15 is 0 Å². The number of hydrogen-bond acceptors (Lipinski definition) is 5. The molecular weight excluding hydrogens is 501 g/mol. The van der Waals surface area contributed by atoms with E-state index in [2.05, 4.69) is 51.4 Å². The van der Waals surface area contributed by atoms with Crippen molar-refractivity contribution in [3.8, 4) is 11.3 Å². The Kier molecular flexibility index (Phi) is 8.16. The number of carbonyl (C=O) groups excluding carboxylic acids is 1. The third-order valence-corrected chi connectivity index (χ3v) is 6.20. The van der Waals surface area contributed by atoms with Gasteiger partial charge in [-0.25, -0.2) is 4.79 Å². The number of ether oxygens (including phenoxy) is 1. The quantitative estimate of drug-likeness (QED) is 0.466. The number of carboxylic acids is 1. The molecule has 3 aromatic rings. The molecule has 11 heteroatoms. The maximum absolute atomic E-state index is 12.0. The van der Waals surface area contributed by atoms with Gasteiger partial charge in [0.1, 0.15) is 0 Å². The summed E-state index contributed by atoms with van der Waals surface area (Å²) < 4.78 is 37.2. The monoisotopic (exact) mass is 528 g/mol. The molecule has 1 amide bonds. The van der Waals surface area contributed by atoms with Crippen LogP contribution in [-0.4, -0.2) is 66.0 Å². The molecule has 0 atom stereocenters. The second-order valence-electron chi connectivity index (χ2n) is 8.83. The van der Waals surface area contributed by atoms with Gasteiger partial charge in [0.15, 0.2) is 0 Å². The van der Waals surface area contributed by atoms with Gasteiger partial charge in [0.05, 0.1) is 24.5 Å². The molecule has 0 unspecified atom stereocenters. The molecule has 1 aromatic carbocycles. The molecule has 0 bridgehead atoms. The van der Waals surface area contributed by atoms with Crippen molar-refractivity contribution in [3.05, 3.63) is 70.7 Å². The van der Waals surface area contributed by atoms with Gasteiger partial charge in [0.2, 0.25) is 0 Å². The second-order valence-corrected chi connectivity index (χ2v) is 8.83. The summed E-state index contributed by atoms with van der Waals surface area (Å²) in [5.74, 6) is -2.76. The number of carboxylic acid groups (broad SMARTS) is 1. The summed E-state index contributed by atoms with van der Waals surface area (Å²) in [5, 5.41) is 10.0. The van der Waals surface area contributed by atoms with Crippen molar-refractivity contribution in [1.29, 1.82) is 0 Å². The third kappa shape index (κ3) is 6.60. The predicted octanol–water partition coefficient (Wildman–Crippen LogP) is 4.31. The zero-order valence-corrected chi connectivity index (χ0v) is 20.6. The molecular formula is C27H27F3N4O4. The number of aromatic amines is 1.